The van der Waals surface area contributed by atoms with E-state index in [0.717, 1.165) is 38.2 Å². The lowest BCUT2D eigenvalue weighted by Gasteiger charge is -2.32. The average Bonchev–Trinajstić information content (AvgIpc) is 2.56. The van der Waals surface area contributed by atoms with Gasteiger partial charge in [0.05, 0.1) is 0 Å². The summed E-state index contributed by atoms with van der Waals surface area (Å²) in [6.07, 6.45) is 2.62. The summed E-state index contributed by atoms with van der Waals surface area (Å²) in [6.45, 7) is 5.16. The average molecular weight is 315 g/mol. The van der Waals surface area contributed by atoms with Crippen LogP contribution in [0, 0.1) is 0 Å². The predicted molar refractivity (Wildman–Crippen MR) is 90.4 cm³/mol. The molecule has 1 aromatic carbocycles. The van der Waals surface area contributed by atoms with E-state index in [9.17, 15) is 9.59 Å². The van der Waals surface area contributed by atoms with Gasteiger partial charge in [-0.1, -0.05) is 18.2 Å². The van der Waals surface area contributed by atoms with Gasteiger partial charge in [0.15, 0.2) is 0 Å². The van der Waals surface area contributed by atoms with Gasteiger partial charge in [-0.2, -0.15) is 0 Å². The molecule has 0 saturated carbocycles. The quantitative estimate of drug-likeness (QED) is 0.917. The van der Waals surface area contributed by atoms with Crippen molar-refractivity contribution in [3.05, 3.63) is 29.8 Å². The van der Waals surface area contributed by atoms with E-state index in [1.165, 1.54) is 5.56 Å². The fourth-order valence-corrected chi connectivity index (χ4v) is 3.45. The minimum absolute atomic E-state index is 0.173. The highest BCUT2D eigenvalue weighted by Crippen LogP contribution is 2.27. The third kappa shape index (κ3) is 3.72. The minimum Gasteiger partial charge on any atom is -0.340 e. The SMILES string of the molecule is CC1CN(C(=O)CCCN2C(=O)CCc3ccccc32)CCN1. The molecule has 1 atom stereocenters. The van der Waals surface area contributed by atoms with Crippen LogP contribution >= 0.6 is 0 Å². The van der Waals surface area contributed by atoms with Gasteiger partial charge in [0.2, 0.25) is 11.8 Å². The van der Waals surface area contributed by atoms with E-state index in [4.69, 9.17) is 0 Å². The van der Waals surface area contributed by atoms with E-state index in [2.05, 4.69) is 18.3 Å². The Balaban J connectivity index is 1.54. The number of amides is 2. The summed E-state index contributed by atoms with van der Waals surface area (Å²) in [5, 5.41) is 3.34. The smallest absolute Gasteiger partial charge is 0.227 e. The lowest BCUT2D eigenvalue weighted by atomic mass is 10.0. The molecule has 2 aliphatic rings. The second kappa shape index (κ2) is 7.13. The molecule has 0 spiro atoms. The summed E-state index contributed by atoms with van der Waals surface area (Å²) in [5.41, 5.74) is 2.25. The maximum absolute atomic E-state index is 12.3. The van der Waals surface area contributed by atoms with Crippen LogP contribution in [0.5, 0.6) is 0 Å². The Morgan fingerprint density at radius 2 is 2.13 bits per heavy atom. The minimum atomic E-state index is 0.173. The fourth-order valence-electron chi connectivity index (χ4n) is 3.45. The standard InChI is InChI=1S/C18H25N3O2/c1-14-13-20(12-10-19-14)17(22)7-4-11-21-16-6-3-2-5-15(16)8-9-18(21)23/h2-3,5-6,14,19H,4,7-13H2,1H3. The molecule has 1 fully saturated rings. The Morgan fingerprint density at radius 1 is 1.30 bits per heavy atom. The van der Waals surface area contributed by atoms with Crippen LogP contribution in [-0.2, 0) is 16.0 Å². The van der Waals surface area contributed by atoms with E-state index >= 15 is 0 Å². The number of carbonyl (C=O) groups excluding carboxylic acids is 2. The number of carbonyl (C=O) groups is 2. The molecule has 2 heterocycles. The van der Waals surface area contributed by atoms with E-state index in [1.807, 2.05) is 28.0 Å². The number of anilines is 1. The molecule has 1 N–H and O–H groups in total. The number of aryl methyl sites for hydroxylation is 1. The fraction of sp³-hybridized carbons (Fsp3) is 0.556. The van der Waals surface area contributed by atoms with Crippen molar-refractivity contribution in [1.29, 1.82) is 0 Å². The molecule has 0 aromatic heterocycles. The molecule has 1 unspecified atom stereocenters. The van der Waals surface area contributed by atoms with Crippen LogP contribution in [0.25, 0.3) is 0 Å². The first-order valence-electron chi connectivity index (χ1n) is 8.54. The number of para-hydroxylation sites is 1. The lowest BCUT2D eigenvalue weighted by Crippen LogP contribution is -2.51. The molecular weight excluding hydrogens is 290 g/mol. The van der Waals surface area contributed by atoms with Gasteiger partial charge in [0.1, 0.15) is 0 Å². The summed E-state index contributed by atoms with van der Waals surface area (Å²) < 4.78 is 0. The molecule has 0 aliphatic carbocycles. The second-order valence-electron chi connectivity index (χ2n) is 6.47. The highest BCUT2D eigenvalue weighted by molar-refractivity contribution is 5.96. The zero-order valence-electron chi connectivity index (χ0n) is 13.8. The second-order valence-corrected chi connectivity index (χ2v) is 6.47. The molecule has 5 nitrogen and oxygen atoms in total. The largest absolute Gasteiger partial charge is 0.340 e. The third-order valence-corrected chi connectivity index (χ3v) is 4.69. The number of rotatable bonds is 4. The molecule has 1 aromatic rings. The van der Waals surface area contributed by atoms with Crippen LogP contribution in [0.3, 0.4) is 0 Å². The summed E-state index contributed by atoms with van der Waals surface area (Å²) in [4.78, 5) is 28.3. The summed E-state index contributed by atoms with van der Waals surface area (Å²) in [5.74, 6) is 0.378. The monoisotopic (exact) mass is 315 g/mol. The number of hydrogen-bond acceptors (Lipinski definition) is 3. The van der Waals surface area contributed by atoms with E-state index < -0.39 is 0 Å². The maximum Gasteiger partial charge on any atom is 0.227 e. The Labute approximate surface area is 137 Å². The van der Waals surface area contributed by atoms with Crippen molar-refractivity contribution in [2.45, 2.75) is 38.6 Å². The van der Waals surface area contributed by atoms with Crippen LogP contribution in [0.15, 0.2) is 24.3 Å². The topological polar surface area (TPSA) is 52.7 Å². The van der Waals surface area contributed by atoms with Crippen molar-refractivity contribution in [2.24, 2.45) is 0 Å². The van der Waals surface area contributed by atoms with Crippen molar-refractivity contribution in [1.82, 2.24) is 10.2 Å². The van der Waals surface area contributed by atoms with Gasteiger partial charge in [0.25, 0.3) is 0 Å². The van der Waals surface area contributed by atoms with Crippen molar-refractivity contribution < 1.29 is 9.59 Å². The van der Waals surface area contributed by atoms with Gasteiger partial charge in [-0.05, 0) is 31.4 Å². The van der Waals surface area contributed by atoms with Gasteiger partial charge < -0.3 is 15.1 Å². The Kier molecular flexibility index (Phi) is 4.96. The molecule has 5 heteroatoms. The molecule has 2 aliphatic heterocycles. The highest BCUT2D eigenvalue weighted by Gasteiger charge is 2.24. The normalized spacial score (nSPS) is 21.3. The highest BCUT2D eigenvalue weighted by atomic mass is 16.2. The zero-order valence-corrected chi connectivity index (χ0v) is 13.8. The molecule has 2 amide bonds. The predicted octanol–water partition coefficient (Wildman–Crippen LogP) is 1.57. The molecule has 3 rings (SSSR count). The zero-order chi connectivity index (χ0) is 16.2. The molecule has 0 bridgehead atoms. The van der Waals surface area contributed by atoms with Crippen LogP contribution < -0.4 is 10.2 Å². The van der Waals surface area contributed by atoms with Crippen molar-refractivity contribution >= 4 is 17.5 Å². The number of hydrogen-bond donors (Lipinski definition) is 1. The van der Waals surface area contributed by atoms with Crippen LogP contribution in [0.2, 0.25) is 0 Å². The van der Waals surface area contributed by atoms with Gasteiger partial charge in [0, 0.05) is 50.7 Å². The third-order valence-electron chi connectivity index (χ3n) is 4.69. The summed E-state index contributed by atoms with van der Waals surface area (Å²) >= 11 is 0. The van der Waals surface area contributed by atoms with Gasteiger partial charge in [-0.25, -0.2) is 0 Å². The molecule has 0 radical (unpaired) electrons. The number of piperazine rings is 1. The number of fused-ring (bicyclic) bond motifs is 1. The van der Waals surface area contributed by atoms with E-state index in [1.54, 1.807) is 0 Å². The van der Waals surface area contributed by atoms with Crippen LogP contribution in [-0.4, -0.2) is 48.9 Å². The summed E-state index contributed by atoms with van der Waals surface area (Å²) in [7, 11) is 0. The van der Waals surface area contributed by atoms with Gasteiger partial charge in [-0.15, -0.1) is 0 Å². The maximum atomic E-state index is 12.3. The molecular formula is C18H25N3O2. The first kappa shape index (κ1) is 16.0. The Morgan fingerprint density at radius 3 is 2.96 bits per heavy atom. The molecule has 1 saturated heterocycles. The van der Waals surface area contributed by atoms with Crippen LogP contribution in [0.1, 0.15) is 31.7 Å². The lowest BCUT2D eigenvalue weighted by molar-refractivity contribution is -0.132. The van der Waals surface area contributed by atoms with E-state index in [0.29, 0.717) is 25.4 Å². The number of nitrogens with zero attached hydrogens (tertiary/aromatic N) is 2. The van der Waals surface area contributed by atoms with Crippen molar-refractivity contribution in [3.8, 4) is 0 Å². The first-order chi connectivity index (χ1) is 11.1. The Bertz CT molecular complexity index is 587. The van der Waals surface area contributed by atoms with Crippen LogP contribution in [0.4, 0.5) is 5.69 Å². The molecule has 124 valence electrons. The molecule has 23 heavy (non-hydrogen) atoms. The van der Waals surface area contributed by atoms with E-state index in [-0.39, 0.29) is 11.8 Å². The Hall–Kier alpha value is -1.88. The van der Waals surface area contributed by atoms with Crippen molar-refractivity contribution in [3.63, 3.8) is 0 Å². The van der Waals surface area contributed by atoms with Gasteiger partial charge >= 0.3 is 0 Å². The summed E-state index contributed by atoms with van der Waals surface area (Å²) in [6, 6.07) is 8.44. The first-order valence-corrected chi connectivity index (χ1v) is 8.54. The van der Waals surface area contributed by atoms with Gasteiger partial charge in [-0.3, -0.25) is 9.59 Å². The number of nitrogens with one attached hydrogen (secondary N) is 1. The van der Waals surface area contributed by atoms with Crippen molar-refractivity contribution in [2.75, 3.05) is 31.1 Å². The number of benzene rings is 1.